The molecule has 0 saturated carbocycles. The van der Waals surface area contributed by atoms with E-state index in [1.165, 1.54) is 0 Å². The molecule has 3 nitrogen and oxygen atoms in total. The Morgan fingerprint density at radius 1 is 1.28 bits per heavy atom. The van der Waals surface area contributed by atoms with Gasteiger partial charge in [0.1, 0.15) is 16.8 Å². The molecule has 1 rings (SSSR count). The standard InChI is InChI=1S/C13H22ClN3S/c1-8(2)12-15-11(14)10(4)13(16-12)17(5)9(3)7-18-6/h8-9H,7H2,1-6H3. The van der Waals surface area contributed by atoms with E-state index in [4.69, 9.17) is 11.6 Å². The van der Waals surface area contributed by atoms with Crippen molar-refractivity contribution in [3.05, 3.63) is 16.5 Å². The van der Waals surface area contributed by atoms with E-state index in [9.17, 15) is 0 Å². The van der Waals surface area contributed by atoms with Crippen LogP contribution in [-0.2, 0) is 0 Å². The van der Waals surface area contributed by atoms with Crippen molar-refractivity contribution in [1.29, 1.82) is 0 Å². The molecule has 0 aliphatic rings. The molecule has 1 aromatic rings. The summed E-state index contributed by atoms with van der Waals surface area (Å²) in [6.07, 6.45) is 2.11. The number of anilines is 1. The van der Waals surface area contributed by atoms with E-state index in [0.29, 0.717) is 11.2 Å². The minimum atomic E-state index is 0.283. The minimum Gasteiger partial charge on any atom is -0.356 e. The SMILES string of the molecule is CSCC(C)N(C)c1nc(C(C)C)nc(Cl)c1C. The summed E-state index contributed by atoms with van der Waals surface area (Å²) >= 11 is 8.04. The Morgan fingerprint density at radius 3 is 2.39 bits per heavy atom. The highest BCUT2D eigenvalue weighted by Gasteiger charge is 2.18. The fourth-order valence-electron chi connectivity index (χ4n) is 1.66. The summed E-state index contributed by atoms with van der Waals surface area (Å²) in [6, 6.07) is 0.421. The lowest BCUT2D eigenvalue weighted by molar-refractivity contribution is 0.720. The molecule has 0 fully saturated rings. The molecule has 0 amide bonds. The van der Waals surface area contributed by atoms with Crippen LogP contribution in [0.5, 0.6) is 0 Å². The summed E-state index contributed by atoms with van der Waals surface area (Å²) in [7, 11) is 2.07. The Kier molecular flexibility index (Phi) is 5.73. The molecular weight excluding hydrogens is 266 g/mol. The molecule has 1 atom stereocenters. The van der Waals surface area contributed by atoms with Gasteiger partial charge in [-0.25, -0.2) is 9.97 Å². The smallest absolute Gasteiger partial charge is 0.137 e. The molecule has 1 heterocycles. The summed E-state index contributed by atoms with van der Waals surface area (Å²) in [5.41, 5.74) is 0.955. The van der Waals surface area contributed by atoms with Crippen molar-refractivity contribution in [2.24, 2.45) is 0 Å². The first-order valence-corrected chi connectivity index (χ1v) is 7.91. The molecule has 18 heavy (non-hydrogen) atoms. The zero-order valence-electron chi connectivity index (χ0n) is 12.0. The van der Waals surface area contributed by atoms with Gasteiger partial charge in [-0.05, 0) is 20.1 Å². The van der Waals surface area contributed by atoms with Crippen LogP contribution in [0.15, 0.2) is 0 Å². The second-order valence-electron chi connectivity index (χ2n) is 4.89. The van der Waals surface area contributed by atoms with Gasteiger partial charge in [-0.1, -0.05) is 25.4 Å². The number of halogens is 1. The van der Waals surface area contributed by atoms with Gasteiger partial charge in [0, 0.05) is 30.3 Å². The van der Waals surface area contributed by atoms with Gasteiger partial charge in [-0.2, -0.15) is 11.8 Å². The van der Waals surface area contributed by atoms with Crippen molar-refractivity contribution < 1.29 is 0 Å². The fraction of sp³-hybridized carbons (Fsp3) is 0.692. The largest absolute Gasteiger partial charge is 0.356 e. The zero-order valence-corrected chi connectivity index (χ0v) is 13.6. The predicted molar refractivity (Wildman–Crippen MR) is 82.1 cm³/mol. The minimum absolute atomic E-state index is 0.283. The molecule has 0 spiro atoms. The molecule has 0 N–H and O–H groups in total. The van der Waals surface area contributed by atoms with Gasteiger partial charge in [0.25, 0.3) is 0 Å². The van der Waals surface area contributed by atoms with Crippen LogP contribution < -0.4 is 4.90 Å². The van der Waals surface area contributed by atoms with Crippen molar-refractivity contribution in [3.8, 4) is 0 Å². The predicted octanol–water partition coefficient (Wildman–Crippen LogP) is 3.75. The summed E-state index contributed by atoms with van der Waals surface area (Å²) in [6.45, 7) is 8.33. The summed E-state index contributed by atoms with van der Waals surface area (Å²) in [5.74, 6) is 3.10. The van der Waals surface area contributed by atoms with Crippen LogP contribution in [-0.4, -0.2) is 35.1 Å². The summed E-state index contributed by atoms with van der Waals surface area (Å²) < 4.78 is 0. The number of nitrogens with zero attached hydrogens (tertiary/aromatic N) is 3. The Bertz CT molecular complexity index is 409. The molecule has 5 heteroatoms. The van der Waals surface area contributed by atoms with Gasteiger partial charge in [-0.3, -0.25) is 0 Å². The third-order valence-corrected chi connectivity index (χ3v) is 4.18. The van der Waals surface area contributed by atoms with Crippen molar-refractivity contribution in [1.82, 2.24) is 9.97 Å². The maximum atomic E-state index is 6.21. The van der Waals surface area contributed by atoms with Crippen molar-refractivity contribution in [3.63, 3.8) is 0 Å². The molecule has 102 valence electrons. The second kappa shape index (κ2) is 6.62. The monoisotopic (exact) mass is 287 g/mol. The Labute approximate surface area is 119 Å². The number of thioether (sulfide) groups is 1. The first-order chi connectivity index (χ1) is 8.38. The second-order valence-corrected chi connectivity index (χ2v) is 6.16. The molecular formula is C13H22ClN3S. The number of rotatable bonds is 5. The first-order valence-electron chi connectivity index (χ1n) is 6.14. The average Bonchev–Trinajstić information content (AvgIpc) is 2.31. The molecule has 1 unspecified atom stereocenters. The van der Waals surface area contributed by atoms with Crippen LogP contribution in [0.2, 0.25) is 5.15 Å². The van der Waals surface area contributed by atoms with Gasteiger partial charge in [0.2, 0.25) is 0 Å². The van der Waals surface area contributed by atoms with Crippen LogP contribution >= 0.6 is 23.4 Å². The van der Waals surface area contributed by atoms with Crippen molar-refractivity contribution >= 4 is 29.2 Å². The van der Waals surface area contributed by atoms with E-state index in [-0.39, 0.29) is 5.92 Å². The molecule has 0 saturated heterocycles. The Hall–Kier alpha value is -0.480. The van der Waals surface area contributed by atoms with Gasteiger partial charge in [0.15, 0.2) is 0 Å². The molecule has 0 bridgehead atoms. The highest BCUT2D eigenvalue weighted by atomic mass is 35.5. The summed E-state index contributed by atoms with van der Waals surface area (Å²) in [5, 5.41) is 0.562. The average molecular weight is 288 g/mol. The molecule has 0 aliphatic carbocycles. The molecule has 0 aromatic carbocycles. The maximum absolute atomic E-state index is 6.21. The quantitative estimate of drug-likeness (QED) is 0.771. The normalized spacial score (nSPS) is 12.9. The van der Waals surface area contributed by atoms with Crippen molar-refractivity contribution in [2.45, 2.75) is 39.7 Å². The lowest BCUT2D eigenvalue weighted by Crippen LogP contribution is -2.32. The first kappa shape index (κ1) is 15.6. The van der Waals surface area contributed by atoms with E-state index in [1.807, 2.05) is 18.7 Å². The number of hydrogen-bond acceptors (Lipinski definition) is 4. The molecule has 0 aliphatic heterocycles. The van der Waals surface area contributed by atoms with Gasteiger partial charge in [-0.15, -0.1) is 0 Å². The highest BCUT2D eigenvalue weighted by Crippen LogP contribution is 2.26. The van der Waals surface area contributed by atoms with Crippen LogP contribution in [0, 0.1) is 6.92 Å². The fourth-order valence-corrected chi connectivity index (χ4v) is 2.53. The number of aromatic nitrogens is 2. The zero-order chi connectivity index (χ0) is 13.9. The van der Waals surface area contributed by atoms with E-state index < -0.39 is 0 Å². The lowest BCUT2D eigenvalue weighted by atomic mass is 10.2. The number of hydrogen-bond donors (Lipinski definition) is 0. The molecule has 1 aromatic heterocycles. The van der Waals surface area contributed by atoms with Gasteiger partial charge >= 0.3 is 0 Å². The highest BCUT2D eigenvalue weighted by molar-refractivity contribution is 7.98. The topological polar surface area (TPSA) is 29.0 Å². The van der Waals surface area contributed by atoms with Crippen LogP contribution in [0.1, 0.15) is 38.1 Å². The molecule has 0 radical (unpaired) electrons. The van der Waals surface area contributed by atoms with Crippen LogP contribution in [0.3, 0.4) is 0 Å². The van der Waals surface area contributed by atoms with E-state index >= 15 is 0 Å². The third kappa shape index (κ3) is 3.51. The third-order valence-electron chi connectivity index (χ3n) is 3.00. The lowest BCUT2D eigenvalue weighted by Gasteiger charge is -2.27. The van der Waals surface area contributed by atoms with Gasteiger partial charge < -0.3 is 4.90 Å². The Balaban J connectivity index is 3.14. The maximum Gasteiger partial charge on any atom is 0.137 e. The van der Waals surface area contributed by atoms with E-state index in [0.717, 1.165) is 23.0 Å². The van der Waals surface area contributed by atoms with E-state index in [2.05, 4.69) is 48.9 Å². The summed E-state index contributed by atoms with van der Waals surface area (Å²) in [4.78, 5) is 11.2. The van der Waals surface area contributed by atoms with Gasteiger partial charge in [0.05, 0.1) is 0 Å². The van der Waals surface area contributed by atoms with Crippen LogP contribution in [0.4, 0.5) is 5.82 Å². The Morgan fingerprint density at radius 2 is 1.89 bits per heavy atom. The van der Waals surface area contributed by atoms with Crippen molar-refractivity contribution in [2.75, 3.05) is 24.0 Å². The van der Waals surface area contributed by atoms with Crippen LogP contribution in [0.25, 0.3) is 0 Å². The van der Waals surface area contributed by atoms with E-state index in [1.54, 1.807) is 0 Å².